The largest absolute Gasteiger partial charge is 0.515 e. The van der Waals surface area contributed by atoms with Crippen LogP contribution in [-0.4, -0.2) is 12.8 Å². The molecule has 1 aromatic carbocycles. The Morgan fingerprint density at radius 1 is 1.00 bits per heavy atom. The summed E-state index contributed by atoms with van der Waals surface area (Å²) in [5, 5.41) is 0. The summed E-state index contributed by atoms with van der Waals surface area (Å²) in [7, 11) is 0. The van der Waals surface area contributed by atoms with Gasteiger partial charge in [0.25, 0.3) is 0 Å². The molecular formula is C10H3F5O3. The zero-order valence-corrected chi connectivity index (χ0v) is 8.40. The molecule has 0 N–H and O–H groups in total. The SMILES string of the molecule is C#CCOC(=O)Oc1c(F)c(F)c(F)c(F)c1F. The first kappa shape index (κ1) is 13.8. The lowest BCUT2D eigenvalue weighted by Crippen LogP contribution is -2.15. The van der Waals surface area contributed by atoms with Gasteiger partial charge in [0.15, 0.2) is 6.61 Å². The predicted octanol–water partition coefficient (Wildman–Crippen LogP) is 2.53. The third kappa shape index (κ3) is 2.51. The van der Waals surface area contributed by atoms with Crippen LogP contribution in [-0.2, 0) is 4.74 Å². The minimum atomic E-state index is -2.37. The summed E-state index contributed by atoms with van der Waals surface area (Å²) in [4.78, 5) is 10.8. The monoisotopic (exact) mass is 266 g/mol. The number of ether oxygens (including phenoxy) is 2. The van der Waals surface area contributed by atoms with Crippen molar-refractivity contribution in [2.24, 2.45) is 0 Å². The predicted molar refractivity (Wildman–Crippen MR) is 47.0 cm³/mol. The molecule has 0 radical (unpaired) electrons. The molecule has 0 aliphatic rings. The van der Waals surface area contributed by atoms with Gasteiger partial charge in [-0.3, -0.25) is 0 Å². The van der Waals surface area contributed by atoms with Gasteiger partial charge in [0, 0.05) is 0 Å². The fraction of sp³-hybridized carbons (Fsp3) is 0.100. The maximum absolute atomic E-state index is 13.0. The van der Waals surface area contributed by atoms with Crippen molar-refractivity contribution < 1.29 is 36.2 Å². The molecule has 0 aliphatic heterocycles. The number of terminal acetylenes is 1. The zero-order valence-electron chi connectivity index (χ0n) is 8.40. The molecule has 8 heteroatoms. The number of carbonyl (C=O) groups is 1. The summed E-state index contributed by atoms with van der Waals surface area (Å²) in [6, 6.07) is 0. The van der Waals surface area contributed by atoms with Crippen molar-refractivity contribution >= 4 is 6.16 Å². The van der Waals surface area contributed by atoms with Gasteiger partial charge in [-0.25, -0.2) is 18.0 Å². The first-order chi connectivity index (χ1) is 8.40. The van der Waals surface area contributed by atoms with Crippen LogP contribution in [0.2, 0.25) is 0 Å². The molecule has 0 heterocycles. The van der Waals surface area contributed by atoms with Gasteiger partial charge in [0.2, 0.25) is 34.8 Å². The maximum atomic E-state index is 13.0. The highest BCUT2D eigenvalue weighted by Gasteiger charge is 2.28. The summed E-state index contributed by atoms with van der Waals surface area (Å²) in [6.07, 6.45) is 3.00. The molecule has 96 valence electrons. The van der Waals surface area contributed by atoms with Crippen molar-refractivity contribution in [2.45, 2.75) is 0 Å². The van der Waals surface area contributed by atoms with Crippen molar-refractivity contribution in [1.29, 1.82) is 0 Å². The van der Waals surface area contributed by atoms with Crippen LogP contribution in [0.15, 0.2) is 0 Å². The Labute approximate surface area is 97.1 Å². The lowest BCUT2D eigenvalue weighted by molar-refractivity contribution is 0.106. The highest BCUT2D eigenvalue weighted by atomic mass is 19.2. The van der Waals surface area contributed by atoms with Crippen LogP contribution in [0.1, 0.15) is 0 Å². The Hall–Kier alpha value is -2.30. The van der Waals surface area contributed by atoms with E-state index in [1.807, 2.05) is 5.92 Å². The normalized spacial score (nSPS) is 9.78. The molecule has 18 heavy (non-hydrogen) atoms. The van der Waals surface area contributed by atoms with Gasteiger partial charge >= 0.3 is 6.16 Å². The van der Waals surface area contributed by atoms with Gasteiger partial charge in [-0.1, -0.05) is 5.92 Å². The maximum Gasteiger partial charge on any atom is 0.515 e. The third-order valence-electron chi connectivity index (χ3n) is 1.63. The molecular weight excluding hydrogens is 263 g/mol. The fourth-order valence-corrected chi connectivity index (χ4v) is 0.888. The molecule has 0 bridgehead atoms. The van der Waals surface area contributed by atoms with Crippen molar-refractivity contribution in [3.8, 4) is 18.1 Å². The van der Waals surface area contributed by atoms with Gasteiger partial charge < -0.3 is 9.47 Å². The molecule has 0 unspecified atom stereocenters. The summed E-state index contributed by atoms with van der Waals surface area (Å²) in [5.74, 6) is -11.4. The average molecular weight is 266 g/mol. The lowest BCUT2D eigenvalue weighted by Gasteiger charge is -2.07. The fourth-order valence-electron chi connectivity index (χ4n) is 0.888. The minimum Gasteiger partial charge on any atom is -0.421 e. The van der Waals surface area contributed by atoms with E-state index in [1.165, 1.54) is 0 Å². The number of rotatable bonds is 2. The van der Waals surface area contributed by atoms with Gasteiger partial charge in [-0.15, -0.1) is 6.42 Å². The second kappa shape index (κ2) is 5.35. The molecule has 0 aromatic heterocycles. The van der Waals surface area contributed by atoms with Crippen molar-refractivity contribution in [2.75, 3.05) is 6.61 Å². The van der Waals surface area contributed by atoms with E-state index in [0.29, 0.717) is 0 Å². The minimum absolute atomic E-state index is 0.589. The Balaban J connectivity index is 3.11. The van der Waals surface area contributed by atoms with Crippen molar-refractivity contribution in [1.82, 2.24) is 0 Å². The van der Waals surface area contributed by atoms with E-state index < -0.39 is 47.6 Å². The standard InChI is InChI=1S/C10H3F5O3/c1-2-3-17-10(16)18-9-7(14)5(12)4(11)6(13)8(9)15/h1H,3H2. The second-order valence-electron chi connectivity index (χ2n) is 2.74. The second-order valence-corrected chi connectivity index (χ2v) is 2.74. The molecule has 0 saturated carbocycles. The Morgan fingerprint density at radius 2 is 1.44 bits per heavy atom. The summed E-state index contributed by atoms with van der Waals surface area (Å²) in [6.45, 7) is -0.589. The Morgan fingerprint density at radius 3 is 1.89 bits per heavy atom. The van der Waals surface area contributed by atoms with E-state index in [0.717, 1.165) is 0 Å². The van der Waals surface area contributed by atoms with Crippen LogP contribution in [0.5, 0.6) is 5.75 Å². The molecule has 0 saturated heterocycles. The van der Waals surface area contributed by atoms with Crippen LogP contribution in [0.25, 0.3) is 0 Å². The number of hydrogen-bond donors (Lipinski definition) is 0. The van der Waals surface area contributed by atoms with Gasteiger partial charge in [0.1, 0.15) is 0 Å². The third-order valence-corrected chi connectivity index (χ3v) is 1.63. The van der Waals surface area contributed by atoms with Gasteiger partial charge in [-0.2, -0.15) is 8.78 Å². The van der Waals surface area contributed by atoms with Crippen molar-refractivity contribution in [3.63, 3.8) is 0 Å². The molecule has 0 fully saturated rings. The molecule has 0 amide bonds. The van der Waals surface area contributed by atoms with E-state index in [9.17, 15) is 26.7 Å². The van der Waals surface area contributed by atoms with Gasteiger partial charge in [0.05, 0.1) is 0 Å². The van der Waals surface area contributed by atoms with E-state index in [2.05, 4.69) is 9.47 Å². The molecule has 1 rings (SSSR count). The van der Waals surface area contributed by atoms with Crippen LogP contribution >= 0.6 is 0 Å². The zero-order chi connectivity index (χ0) is 13.9. The highest BCUT2D eigenvalue weighted by Crippen LogP contribution is 2.29. The summed E-state index contributed by atoms with van der Waals surface area (Å²) in [5.41, 5.74) is 0. The average Bonchev–Trinajstić information content (AvgIpc) is 2.36. The van der Waals surface area contributed by atoms with E-state index in [1.54, 1.807) is 0 Å². The van der Waals surface area contributed by atoms with E-state index in [4.69, 9.17) is 6.42 Å². The van der Waals surface area contributed by atoms with Crippen LogP contribution in [0.3, 0.4) is 0 Å². The van der Waals surface area contributed by atoms with Crippen LogP contribution < -0.4 is 4.74 Å². The highest BCUT2D eigenvalue weighted by molar-refractivity contribution is 5.64. The molecule has 3 nitrogen and oxygen atoms in total. The van der Waals surface area contributed by atoms with E-state index in [-0.39, 0.29) is 0 Å². The topological polar surface area (TPSA) is 35.5 Å². The Bertz CT molecular complexity index is 506. The van der Waals surface area contributed by atoms with Gasteiger partial charge in [-0.05, 0) is 0 Å². The first-order valence-corrected chi connectivity index (χ1v) is 4.19. The van der Waals surface area contributed by atoms with Crippen molar-refractivity contribution in [3.05, 3.63) is 29.1 Å². The number of halogens is 5. The smallest absolute Gasteiger partial charge is 0.421 e. The first-order valence-electron chi connectivity index (χ1n) is 4.19. The number of carbonyl (C=O) groups excluding carboxylic acids is 1. The molecule has 0 spiro atoms. The molecule has 0 atom stereocenters. The summed E-state index contributed by atoms with van der Waals surface area (Å²) >= 11 is 0. The Kier molecular flexibility index (Phi) is 4.09. The van der Waals surface area contributed by atoms with Crippen LogP contribution in [0.4, 0.5) is 26.7 Å². The lowest BCUT2D eigenvalue weighted by atomic mass is 10.3. The van der Waals surface area contributed by atoms with Crippen LogP contribution in [0, 0.1) is 41.4 Å². The number of hydrogen-bond acceptors (Lipinski definition) is 3. The van der Waals surface area contributed by atoms with E-state index >= 15 is 0 Å². The summed E-state index contributed by atoms with van der Waals surface area (Å²) < 4.78 is 71.8. The molecule has 1 aromatic rings. The molecule has 0 aliphatic carbocycles. The number of benzene rings is 1. The quantitative estimate of drug-likeness (QED) is 0.206.